The average Bonchev–Trinajstić information content (AvgIpc) is 2.46. The van der Waals surface area contributed by atoms with E-state index in [1.807, 2.05) is 0 Å². The van der Waals surface area contributed by atoms with Gasteiger partial charge in [0.1, 0.15) is 0 Å². The van der Waals surface area contributed by atoms with Crippen molar-refractivity contribution >= 4 is 29.9 Å². The third kappa shape index (κ3) is 11.8. The minimum Gasteiger partial charge on any atom is -0.377 e. The molecule has 0 saturated carbocycles. The average molecular weight is 437 g/mol. The molecule has 1 heterocycles. The van der Waals surface area contributed by atoms with Crippen LogP contribution in [0, 0.1) is 5.41 Å². The van der Waals surface area contributed by atoms with E-state index < -0.39 is 0 Å². The van der Waals surface area contributed by atoms with E-state index in [1.165, 1.54) is 12.0 Å². The molecular formula is C18H36IN3O. The van der Waals surface area contributed by atoms with Crippen LogP contribution in [-0.2, 0) is 4.74 Å². The molecule has 1 unspecified atom stereocenters. The van der Waals surface area contributed by atoms with Gasteiger partial charge in [0.05, 0.1) is 13.2 Å². The number of nitrogens with zero attached hydrogens (tertiary/aromatic N) is 1. The number of nitrogens with one attached hydrogen (secondary N) is 2. The van der Waals surface area contributed by atoms with Crippen LogP contribution in [0.1, 0.15) is 60.3 Å². The molecule has 1 rings (SSSR count). The van der Waals surface area contributed by atoms with Crippen LogP contribution < -0.4 is 10.6 Å². The largest absolute Gasteiger partial charge is 0.377 e. The van der Waals surface area contributed by atoms with E-state index in [0.717, 1.165) is 51.5 Å². The minimum absolute atomic E-state index is 0. The Balaban J connectivity index is 0.00000484. The Kier molecular flexibility index (Phi) is 12.0. The van der Waals surface area contributed by atoms with Gasteiger partial charge in [-0.05, 0) is 44.9 Å². The lowest BCUT2D eigenvalue weighted by Gasteiger charge is -2.23. The molecule has 0 aromatic rings. The van der Waals surface area contributed by atoms with Gasteiger partial charge in [-0.15, -0.1) is 24.0 Å². The molecule has 0 amide bonds. The maximum absolute atomic E-state index is 5.34. The summed E-state index contributed by atoms with van der Waals surface area (Å²) in [5, 5.41) is 6.87. The lowest BCUT2D eigenvalue weighted by molar-refractivity contribution is 0.153. The first-order valence-corrected chi connectivity index (χ1v) is 8.71. The second-order valence-corrected chi connectivity index (χ2v) is 7.34. The molecule has 0 spiro atoms. The topological polar surface area (TPSA) is 45.7 Å². The van der Waals surface area contributed by atoms with Gasteiger partial charge < -0.3 is 15.4 Å². The number of rotatable bonds is 7. The number of hydrogen-bond acceptors (Lipinski definition) is 2. The normalized spacial score (nSPS) is 17.1. The van der Waals surface area contributed by atoms with Crippen LogP contribution in [0.25, 0.3) is 0 Å². The minimum atomic E-state index is 0. The van der Waals surface area contributed by atoms with Crippen LogP contribution in [0.4, 0.5) is 0 Å². The van der Waals surface area contributed by atoms with Crippen molar-refractivity contribution in [2.24, 2.45) is 10.4 Å². The van der Waals surface area contributed by atoms with Crippen molar-refractivity contribution in [2.45, 2.75) is 66.3 Å². The summed E-state index contributed by atoms with van der Waals surface area (Å²) in [4.78, 5) is 4.70. The Bertz CT molecular complexity index is 375. The standard InChI is InChI=1S/C18H35N3O.HI/c1-6-19-17(21-15(2)7-11-18(3,4)5)20-12-8-16-9-13-22-14-10-16;/h9,15H,6-8,10-14H2,1-5H3,(H2,19,20,21);1H. The van der Waals surface area contributed by atoms with Gasteiger partial charge in [-0.1, -0.05) is 32.4 Å². The molecule has 0 aliphatic carbocycles. The van der Waals surface area contributed by atoms with Crippen LogP contribution in [0.3, 0.4) is 0 Å². The van der Waals surface area contributed by atoms with Gasteiger partial charge in [-0.3, -0.25) is 4.99 Å². The zero-order valence-electron chi connectivity index (χ0n) is 15.6. The molecule has 1 aliphatic heterocycles. The Hall–Kier alpha value is -0.300. The molecule has 5 heteroatoms. The van der Waals surface area contributed by atoms with Crippen molar-refractivity contribution in [3.05, 3.63) is 11.6 Å². The van der Waals surface area contributed by atoms with Gasteiger partial charge >= 0.3 is 0 Å². The van der Waals surface area contributed by atoms with Gasteiger partial charge in [0.25, 0.3) is 0 Å². The first-order valence-electron chi connectivity index (χ1n) is 8.71. The Labute approximate surface area is 160 Å². The van der Waals surface area contributed by atoms with Crippen molar-refractivity contribution < 1.29 is 4.74 Å². The van der Waals surface area contributed by atoms with Gasteiger partial charge in [-0.2, -0.15) is 0 Å². The van der Waals surface area contributed by atoms with E-state index in [1.54, 1.807) is 0 Å². The second kappa shape index (κ2) is 12.1. The fraction of sp³-hybridized carbons (Fsp3) is 0.833. The summed E-state index contributed by atoms with van der Waals surface area (Å²) in [5.41, 5.74) is 1.87. The highest BCUT2D eigenvalue weighted by Crippen LogP contribution is 2.21. The molecule has 0 aromatic carbocycles. The Morgan fingerprint density at radius 3 is 2.70 bits per heavy atom. The number of halogens is 1. The molecule has 0 saturated heterocycles. The number of hydrogen-bond donors (Lipinski definition) is 2. The number of aliphatic imine (C=N–C) groups is 1. The third-order valence-corrected chi connectivity index (χ3v) is 3.81. The summed E-state index contributed by atoms with van der Waals surface area (Å²) in [6.45, 7) is 14.6. The van der Waals surface area contributed by atoms with Gasteiger partial charge in [0, 0.05) is 19.1 Å². The summed E-state index contributed by atoms with van der Waals surface area (Å²) < 4.78 is 5.34. The summed E-state index contributed by atoms with van der Waals surface area (Å²) in [5.74, 6) is 0.941. The second-order valence-electron chi connectivity index (χ2n) is 7.34. The SMILES string of the molecule is CCNC(=NCCC1=CCOCC1)NC(C)CCC(C)(C)C.I. The molecule has 1 atom stereocenters. The summed E-state index contributed by atoms with van der Waals surface area (Å²) in [6, 6.07) is 0.444. The molecule has 2 N–H and O–H groups in total. The van der Waals surface area contributed by atoms with Gasteiger partial charge in [0.2, 0.25) is 0 Å². The summed E-state index contributed by atoms with van der Waals surface area (Å²) in [6.07, 6.45) is 6.67. The van der Waals surface area contributed by atoms with Crippen LogP contribution in [0.15, 0.2) is 16.6 Å². The Morgan fingerprint density at radius 1 is 1.39 bits per heavy atom. The van der Waals surface area contributed by atoms with E-state index >= 15 is 0 Å². The predicted molar refractivity (Wildman–Crippen MR) is 111 cm³/mol. The van der Waals surface area contributed by atoms with E-state index in [9.17, 15) is 0 Å². The van der Waals surface area contributed by atoms with E-state index in [-0.39, 0.29) is 24.0 Å². The molecular weight excluding hydrogens is 401 g/mol. The molecule has 136 valence electrons. The maximum atomic E-state index is 5.34. The fourth-order valence-corrected chi connectivity index (χ4v) is 2.38. The van der Waals surface area contributed by atoms with Crippen LogP contribution >= 0.6 is 24.0 Å². The molecule has 23 heavy (non-hydrogen) atoms. The Morgan fingerprint density at radius 2 is 2.13 bits per heavy atom. The fourth-order valence-electron chi connectivity index (χ4n) is 2.38. The summed E-state index contributed by atoms with van der Waals surface area (Å²) >= 11 is 0. The highest BCUT2D eigenvalue weighted by Gasteiger charge is 2.13. The van der Waals surface area contributed by atoms with Gasteiger partial charge in [0.15, 0.2) is 5.96 Å². The number of ether oxygens (including phenoxy) is 1. The highest BCUT2D eigenvalue weighted by molar-refractivity contribution is 14.0. The van der Waals surface area contributed by atoms with Crippen molar-refractivity contribution in [3.63, 3.8) is 0 Å². The van der Waals surface area contributed by atoms with E-state index in [4.69, 9.17) is 9.73 Å². The quantitative estimate of drug-likeness (QED) is 0.273. The lowest BCUT2D eigenvalue weighted by Crippen LogP contribution is -2.42. The van der Waals surface area contributed by atoms with Crippen LogP contribution in [-0.4, -0.2) is 38.3 Å². The maximum Gasteiger partial charge on any atom is 0.191 e. The molecule has 1 aliphatic rings. The first-order chi connectivity index (χ1) is 10.4. The van der Waals surface area contributed by atoms with Crippen LogP contribution in [0.5, 0.6) is 0 Å². The number of guanidine groups is 1. The molecule has 0 bridgehead atoms. The smallest absolute Gasteiger partial charge is 0.191 e. The highest BCUT2D eigenvalue weighted by atomic mass is 127. The van der Waals surface area contributed by atoms with Gasteiger partial charge in [-0.25, -0.2) is 0 Å². The third-order valence-electron chi connectivity index (χ3n) is 3.81. The first kappa shape index (κ1) is 22.7. The predicted octanol–water partition coefficient (Wildman–Crippen LogP) is 4.11. The van der Waals surface area contributed by atoms with E-state index in [2.05, 4.69) is 51.3 Å². The van der Waals surface area contributed by atoms with Crippen molar-refractivity contribution in [3.8, 4) is 0 Å². The van der Waals surface area contributed by atoms with Crippen LogP contribution in [0.2, 0.25) is 0 Å². The van der Waals surface area contributed by atoms with Crippen molar-refractivity contribution in [2.75, 3.05) is 26.3 Å². The van der Waals surface area contributed by atoms with Crippen molar-refractivity contribution in [1.82, 2.24) is 10.6 Å². The zero-order chi connectivity index (χ0) is 16.4. The molecule has 4 nitrogen and oxygen atoms in total. The molecule has 0 radical (unpaired) electrons. The summed E-state index contributed by atoms with van der Waals surface area (Å²) in [7, 11) is 0. The van der Waals surface area contributed by atoms with E-state index in [0.29, 0.717) is 11.5 Å². The lowest BCUT2D eigenvalue weighted by atomic mass is 9.89. The monoisotopic (exact) mass is 437 g/mol. The molecule has 0 fully saturated rings. The zero-order valence-corrected chi connectivity index (χ0v) is 17.9. The van der Waals surface area contributed by atoms with Crippen molar-refractivity contribution in [1.29, 1.82) is 0 Å². The molecule has 0 aromatic heterocycles.